The third-order valence-electron chi connectivity index (χ3n) is 3.71. The number of carbonyl (C=O) groups excluding carboxylic acids is 1. The second-order valence-corrected chi connectivity index (χ2v) is 6.78. The van der Waals surface area contributed by atoms with Crippen LogP contribution < -0.4 is 0 Å². The average Bonchev–Trinajstić information content (AvgIpc) is 2.44. The van der Waals surface area contributed by atoms with Gasteiger partial charge in [0.25, 0.3) is 0 Å². The second-order valence-electron chi connectivity index (χ2n) is 6.78. The first-order valence-electron chi connectivity index (χ1n) is 7.54. The van der Waals surface area contributed by atoms with Crippen LogP contribution in [0.3, 0.4) is 0 Å². The Bertz CT molecular complexity index is 626. The third-order valence-corrected chi connectivity index (χ3v) is 3.71. The number of alkyl halides is 3. The highest BCUT2D eigenvalue weighted by atomic mass is 19.4. The van der Waals surface area contributed by atoms with Gasteiger partial charge in [-0.05, 0) is 39.3 Å². The molecule has 24 heavy (non-hydrogen) atoms. The summed E-state index contributed by atoms with van der Waals surface area (Å²) in [7, 11) is 1.53. The molecule has 1 aliphatic heterocycles. The summed E-state index contributed by atoms with van der Waals surface area (Å²) in [5.74, 6) is 0. The van der Waals surface area contributed by atoms with E-state index in [0.29, 0.717) is 11.1 Å². The summed E-state index contributed by atoms with van der Waals surface area (Å²) in [4.78, 5) is 17.1. The number of amides is 1. The van der Waals surface area contributed by atoms with Gasteiger partial charge in [0.2, 0.25) is 0 Å². The van der Waals surface area contributed by atoms with Crippen LogP contribution in [-0.4, -0.2) is 35.2 Å². The fraction of sp³-hybridized carbons (Fsp3) is 0.625. The molecular weight excluding hydrogens is 325 g/mol. The second kappa shape index (κ2) is 6.23. The number of pyridine rings is 1. The van der Waals surface area contributed by atoms with Crippen molar-refractivity contribution < 1.29 is 27.4 Å². The monoisotopic (exact) mass is 346 g/mol. The van der Waals surface area contributed by atoms with E-state index >= 15 is 0 Å². The molecule has 0 N–H and O–H groups in total. The minimum Gasteiger partial charge on any atom is -0.444 e. The molecule has 134 valence electrons. The molecule has 1 amide bonds. The van der Waals surface area contributed by atoms with Crippen LogP contribution in [0.1, 0.15) is 56.7 Å². The normalized spacial score (nSPS) is 21.2. The molecular formula is C16H21F3N2O3. The quantitative estimate of drug-likeness (QED) is 0.768. The maximum Gasteiger partial charge on any atom is 0.433 e. The van der Waals surface area contributed by atoms with Gasteiger partial charge in [-0.1, -0.05) is 0 Å². The van der Waals surface area contributed by atoms with E-state index in [0.717, 1.165) is 6.07 Å². The van der Waals surface area contributed by atoms with Crippen LogP contribution in [0.25, 0.3) is 0 Å². The SMILES string of the molecule is C[C@H]1OCC(N(C)C(=O)OC(C)(C)C)c2cnc(C(F)(F)F)cc21. The predicted octanol–water partition coefficient (Wildman–Crippen LogP) is 4.10. The van der Waals surface area contributed by atoms with Gasteiger partial charge < -0.3 is 14.4 Å². The van der Waals surface area contributed by atoms with E-state index in [-0.39, 0.29) is 6.61 Å². The van der Waals surface area contributed by atoms with Crippen LogP contribution >= 0.6 is 0 Å². The van der Waals surface area contributed by atoms with Gasteiger partial charge in [-0.15, -0.1) is 0 Å². The third kappa shape index (κ3) is 3.98. The number of likely N-dealkylation sites (N-methyl/N-ethyl adjacent to an activating group) is 1. The number of aromatic nitrogens is 1. The van der Waals surface area contributed by atoms with Gasteiger partial charge in [-0.3, -0.25) is 4.98 Å². The van der Waals surface area contributed by atoms with E-state index in [1.54, 1.807) is 27.7 Å². The van der Waals surface area contributed by atoms with Crippen molar-refractivity contribution in [1.82, 2.24) is 9.88 Å². The zero-order valence-electron chi connectivity index (χ0n) is 14.3. The molecule has 1 unspecified atom stereocenters. The predicted molar refractivity (Wildman–Crippen MR) is 80.3 cm³/mol. The van der Waals surface area contributed by atoms with Crippen LogP contribution in [0.15, 0.2) is 12.3 Å². The summed E-state index contributed by atoms with van der Waals surface area (Å²) in [6.45, 7) is 7.05. The van der Waals surface area contributed by atoms with Crippen molar-refractivity contribution in [3.63, 3.8) is 0 Å². The fourth-order valence-corrected chi connectivity index (χ4v) is 2.46. The summed E-state index contributed by atoms with van der Waals surface area (Å²) in [6.07, 6.45) is -4.44. The van der Waals surface area contributed by atoms with Gasteiger partial charge in [0, 0.05) is 18.8 Å². The molecule has 2 rings (SSSR count). The van der Waals surface area contributed by atoms with E-state index in [1.807, 2.05) is 0 Å². The summed E-state index contributed by atoms with van der Waals surface area (Å²) in [5.41, 5.74) is -0.730. The van der Waals surface area contributed by atoms with Crippen LogP contribution in [0.5, 0.6) is 0 Å². The van der Waals surface area contributed by atoms with Gasteiger partial charge in [0.15, 0.2) is 0 Å². The molecule has 1 aliphatic rings. The summed E-state index contributed by atoms with van der Waals surface area (Å²) >= 11 is 0. The van der Waals surface area contributed by atoms with Crippen molar-refractivity contribution >= 4 is 6.09 Å². The molecule has 2 atom stereocenters. The van der Waals surface area contributed by atoms with Crippen LogP contribution in [0.4, 0.5) is 18.0 Å². The first kappa shape index (κ1) is 18.5. The van der Waals surface area contributed by atoms with E-state index in [9.17, 15) is 18.0 Å². The highest BCUT2D eigenvalue weighted by molar-refractivity contribution is 5.68. The number of carbonyl (C=O) groups is 1. The van der Waals surface area contributed by atoms with Crippen LogP contribution in [0.2, 0.25) is 0 Å². The minimum atomic E-state index is -4.53. The molecule has 1 aromatic heterocycles. The van der Waals surface area contributed by atoms with Crippen molar-refractivity contribution in [1.29, 1.82) is 0 Å². The van der Waals surface area contributed by atoms with E-state index < -0.39 is 35.7 Å². The van der Waals surface area contributed by atoms with Gasteiger partial charge in [-0.2, -0.15) is 13.2 Å². The van der Waals surface area contributed by atoms with E-state index in [4.69, 9.17) is 9.47 Å². The maximum atomic E-state index is 12.9. The number of ether oxygens (including phenoxy) is 2. The number of hydrogen-bond acceptors (Lipinski definition) is 4. The number of rotatable bonds is 1. The van der Waals surface area contributed by atoms with E-state index in [1.165, 1.54) is 18.1 Å². The molecule has 0 saturated heterocycles. The van der Waals surface area contributed by atoms with Crippen LogP contribution in [0, 0.1) is 0 Å². The molecule has 0 aromatic carbocycles. The lowest BCUT2D eigenvalue weighted by Crippen LogP contribution is -2.40. The minimum absolute atomic E-state index is 0.164. The number of nitrogens with zero attached hydrogens (tertiary/aromatic N) is 2. The standard InChI is InChI=1S/C16H21F3N2O3/c1-9-10-6-13(16(17,18)19)20-7-11(10)12(8-23-9)21(5)14(22)24-15(2,3)4/h6-7,9,12H,8H2,1-5H3/t9-,12?/m1/s1. The largest absolute Gasteiger partial charge is 0.444 e. The molecule has 0 fully saturated rings. The Morgan fingerprint density at radius 3 is 2.50 bits per heavy atom. The van der Waals surface area contributed by atoms with Gasteiger partial charge in [0.1, 0.15) is 11.3 Å². The molecule has 0 saturated carbocycles. The lowest BCUT2D eigenvalue weighted by atomic mass is 9.95. The van der Waals surface area contributed by atoms with E-state index in [2.05, 4.69) is 4.98 Å². The Morgan fingerprint density at radius 2 is 1.96 bits per heavy atom. The molecule has 1 aromatic rings. The molecule has 5 nitrogen and oxygen atoms in total. The van der Waals surface area contributed by atoms with Crippen molar-refractivity contribution in [2.45, 2.75) is 51.6 Å². The van der Waals surface area contributed by atoms with Gasteiger partial charge in [-0.25, -0.2) is 4.79 Å². The smallest absolute Gasteiger partial charge is 0.433 e. The summed E-state index contributed by atoms with van der Waals surface area (Å²) in [6, 6.07) is 0.426. The molecule has 0 aliphatic carbocycles. The highest BCUT2D eigenvalue weighted by Gasteiger charge is 2.37. The molecule has 0 radical (unpaired) electrons. The fourth-order valence-electron chi connectivity index (χ4n) is 2.46. The Kier molecular flexibility index (Phi) is 4.81. The molecule has 0 spiro atoms. The lowest BCUT2D eigenvalue weighted by molar-refractivity contribution is -0.141. The highest BCUT2D eigenvalue weighted by Crippen LogP contribution is 2.38. The lowest BCUT2D eigenvalue weighted by Gasteiger charge is -2.36. The zero-order chi connectivity index (χ0) is 18.3. The summed E-state index contributed by atoms with van der Waals surface area (Å²) < 4.78 is 49.4. The topological polar surface area (TPSA) is 51.7 Å². The number of halogens is 3. The average molecular weight is 346 g/mol. The Balaban J connectivity index is 2.33. The van der Waals surface area contributed by atoms with Crippen LogP contribution in [-0.2, 0) is 15.7 Å². The van der Waals surface area contributed by atoms with Gasteiger partial charge in [0.05, 0.1) is 18.8 Å². The first-order chi connectivity index (χ1) is 10.9. The molecule has 0 bridgehead atoms. The maximum absolute atomic E-state index is 12.9. The Morgan fingerprint density at radius 1 is 1.33 bits per heavy atom. The van der Waals surface area contributed by atoms with Crippen molar-refractivity contribution in [2.75, 3.05) is 13.7 Å². The van der Waals surface area contributed by atoms with Crippen molar-refractivity contribution in [2.24, 2.45) is 0 Å². The Hall–Kier alpha value is -1.83. The Labute approximate surface area is 138 Å². The molecule has 8 heteroatoms. The van der Waals surface area contributed by atoms with Gasteiger partial charge >= 0.3 is 12.3 Å². The first-order valence-corrected chi connectivity index (χ1v) is 7.54. The number of fused-ring (bicyclic) bond motifs is 1. The summed E-state index contributed by atoms with van der Waals surface area (Å²) in [5, 5.41) is 0. The zero-order valence-corrected chi connectivity index (χ0v) is 14.3. The van der Waals surface area contributed by atoms with Crippen molar-refractivity contribution in [3.8, 4) is 0 Å². The van der Waals surface area contributed by atoms with Crippen molar-refractivity contribution in [3.05, 3.63) is 29.1 Å². The molecule has 2 heterocycles. The number of hydrogen-bond donors (Lipinski definition) is 0.